The van der Waals surface area contributed by atoms with Crippen LogP contribution in [0.25, 0.3) is 16.6 Å². The SMILES string of the molecule is CCc1ccc(-n2c(S[C@H](C)C(N)=O)nc3ccccc3c2=O)cc1. The van der Waals surface area contributed by atoms with Gasteiger partial charge in [0, 0.05) is 0 Å². The van der Waals surface area contributed by atoms with Crippen molar-refractivity contribution in [2.45, 2.75) is 30.7 Å². The number of aryl methyl sites for hydroxylation is 1. The number of thioether (sulfide) groups is 1. The quantitative estimate of drug-likeness (QED) is 0.565. The number of para-hydroxylation sites is 1. The number of carbonyl (C=O) groups excluding carboxylic acids is 1. The highest BCUT2D eigenvalue weighted by molar-refractivity contribution is 8.00. The van der Waals surface area contributed by atoms with Crippen LogP contribution in [0.5, 0.6) is 0 Å². The second kappa shape index (κ2) is 7.11. The van der Waals surface area contributed by atoms with E-state index in [-0.39, 0.29) is 5.56 Å². The predicted molar refractivity (Wildman–Crippen MR) is 101 cm³/mol. The molecule has 0 aliphatic carbocycles. The minimum atomic E-state index is -0.491. The number of nitrogens with two attached hydrogens (primary N) is 1. The van der Waals surface area contributed by atoms with Gasteiger partial charge in [0.1, 0.15) is 0 Å². The van der Waals surface area contributed by atoms with Gasteiger partial charge in [-0.3, -0.25) is 14.2 Å². The van der Waals surface area contributed by atoms with Gasteiger partial charge in [0.25, 0.3) is 5.56 Å². The summed E-state index contributed by atoms with van der Waals surface area (Å²) in [7, 11) is 0. The Kier molecular flexibility index (Phi) is 4.90. The number of aromatic nitrogens is 2. The predicted octanol–water partition coefficient (Wildman–Crippen LogP) is 2.91. The first kappa shape index (κ1) is 17.2. The zero-order chi connectivity index (χ0) is 18.0. The van der Waals surface area contributed by atoms with Gasteiger partial charge in [0.15, 0.2) is 5.16 Å². The molecule has 3 aromatic rings. The minimum absolute atomic E-state index is 0.158. The zero-order valence-electron chi connectivity index (χ0n) is 14.1. The Bertz CT molecular complexity index is 980. The maximum absolute atomic E-state index is 13.0. The summed E-state index contributed by atoms with van der Waals surface area (Å²) < 4.78 is 1.55. The molecule has 5 nitrogen and oxygen atoms in total. The summed E-state index contributed by atoms with van der Waals surface area (Å²) in [6.45, 7) is 3.79. The molecule has 0 aliphatic rings. The summed E-state index contributed by atoms with van der Waals surface area (Å²) >= 11 is 1.19. The molecule has 0 saturated carbocycles. The highest BCUT2D eigenvalue weighted by atomic mass is 32.2. The van der Waals surface area contributed by atoms with Crippen LogP contribution in [0.2, 0.25) is 0 Å². The van der Waals surface area contributed by atoms with Crippen LogP contribution in [0.15, 0.2) is 58.5 Å². The van der Waals surface area contributed by atoms with E-state index < -0.39 is 11.2 Å². The van der Waals surface area contributed by atoms with Crippen LogP contribution >= 0.6 is 11.8 Å². The smallest absolute Gasteiger partial charge is 0.266 e. The number of benzene rings is 2. The molecule has 1 atom stereocenters. The third-order valence-corrected chi connectivity index (χ3v) is 5.10. The van der Waals surface area contributed by atoms with E-state index in [1.165, 1.54) is 17.3 Å². The lowest BCUT2D eigenvalue weighted by Gasteiger charge is -2.15. The van der Waals surface area contributed by atoms with E-state index in [9.17, 15) is 9.59 Å². The number of rotatable bonds is 5. The molecule has 0 aliphatic heterocycles. The maximum atomic E-state index is 13.0. The van der Waals surface area contributed by atoms with Crippen molar-refractivity contribution in [1.29, 1.82) is 0 Å². The van der Waals surface area contributed by atoms with Crippen molar-refractivity contribution in [3.63, 3.8) is 0 Å². The van der Waals surface area contributed by atoms with E-state index in [4.69, 9.17) is 5.73 Å². The molecule has 0 spiro atoms. The van der Waals surface area contributed by atoms with Crippen molar-refractivity contribution in [2.75, 3.05) is 0 Å². The van der Waals surface area contributed by atoms with E-state index in [1.54, 1.807) is 23.6 Å². The summed E-state index contributed by atoms with van der Waals surface area (Å²) in [5, 5.41) is 0.506. The third-order valence-electron chi connectivity index (χ3n) is 4.03. The monoisotopic (exact) mass is 353 g/mol. The molecule has 1 aromatic heterocycles. The lowest BCUT2D eigenvalue weighted by Crippen LogP contribution is -2.26. The third kappa shape index (κ3) is 3.44. The van der Waals surface area contributed by atoms with Crippen molar-refractivity contribution in [2.24, 2.45) is 5.73 Å². The molecular formula is C19H19N3O2S. The molecule has 0 fully saturated rings. The Labute approximate surface area is 149 Å². The van der Waals surface area contributed by atoms with Crippen molar-refractivity contribution in [1.82, 2.24) is 9.55 Å². The topological polar surface area (TPSA) is 78.0 Å². The van der Waals surface area contributed by atoms with Crippen LogP contribution in [-0.2, 0) is 11.2 Å². The molecule has 0 unspecified atom stereocenters. The Balaban J connectivity index is 2.23. The Morgan fingerprint density at radius 1 is 1.20 bits per heavy atom. The van der Waals surface area contributed by atoms with Crippen molar-refractivity contribution in [3.8, 4) is 5.69 Å². The van der Waals surface area contributed by atoms with E-state index in [0.717, 1.165) is 12.1 Å². The van der Waals surface area contributed by atoms with E-state index in [1.807, 2.05) is 36.4 Å². The molecular weight excluding hydrogens is 334 g/mol. The number of amides is 1. The summed E-state index contributed by atoms with van der Waals surface area (Å²) in [5.74, 6) is -0.444. The zero-order valence-corrected chi connectivity index (χ0v) is 14.9. The summed E-state index contributed by atoms with van der Waals surface area (Å²) in [4.78, 5) is 29.1. The highest BCUT2D eigenvalue weighted by Crippen LogP contribution is 2.25. The molecule has 25 heavy (non-hydrogen) atoms. The van der Waals surface area contributed by atoms with Gasteiger partial charge in [-0.25, -0.2) is 4.98 Å². The van der Waals surface area contributed by atoms with Gasteiger partial charge in [-0.15, -0.1) is 0 Å². The molecule has 3 rings (SSSR count). The lowest BCUT2D eigenvalue weighted by atomic mass is 10.1. The van der Waals surface area contributed by atoms with Gasteiger partial charge < -0.3 is 5.73 Å². The number of hydrogen-bond donors (Lipinski definition) is 1. The molecule has 0 bridgehead atoms. The minimum Gasteiger partial charge on any atom is -0.369 e. The second-order valence-electron chi connectivity index (χ2n) is 5.73. The average Bonchev–Trinajstić information content (AvgIpc) is 2.62. The number of nitrogens with zero attached hydrogens (tertiary/aromatic N) is 2. The molecule has 1 amide bonds. The first-order valence-corrected chi connectivity index (χ1v) is 8.96. The normalized spacial score (nSPS) is 12.2. The standard InChI is InChI=1S/C19H19N3O2S/c1-3-13-8-10-14(11-9-13)22-18(24)15-6-4-5-7-16(15)21-19(22)25-12(2)17(20)23/h4-12H,3H2,1-2H3,(H2,20,23)/t12-/m1/s1. The van der Waals surface area contributed by atoms with E-state index in [2.05, 4.69) is 11.9 Å². The van der Waals surface area contributed by atoms with Crippen molar-refractivity contribution in [3.05, 3.63) is 64.4 Å². The number of primary amides is 1. The largest absolute Gasteiger partial charge is 0.369 e. The molecule has 2 N–H and O–H groups in total. The van der Waals surface area contributed by atoms with Gasteiger partial charge in [-0.2, -0.15) is 0 Å². The molecule has 6 heteroatoms. The van der Waals surface area contributed by atoms with Crippen LogP contribution in [0, 0.1) is 0 Å². The Morgan fingerprint density at radius 3 is 2.52 bits per heavy atom. The highest BCUT2D eigenvalue weighted by Gasteiger charge is 2.18. The van der Waals surface area contributed by atoms with Crippen LogP contribution in [0.1, 0.15) is 19.4 Å². The van der Waals surface area contributed by atoms with Gasteiger partial charge in [0.2, 0.25) is 5.91 Å². The van der Waals surface area contributed by atoms with Crippen LogP contribution < -0.4 is 11.3 Å². The number of hydrogen-bond acceptors (Lipinski definition) is 4. The molecule has 128 valence electrons. The maximum Gasteiger partial charge on any atom is 0.266 e. The van der Waals surface area contributed by atoms with Gasteiger partial charge in [-0.05, 0) is 43.2 Å². The van der Waals surface area contributed by atoms with E-state index in [0.29, 0.717) is 16.1 Å². The second-order valence-corrected chi connectivity index (χ2v) is 7.04. The molecule has 0 saturated heterocycles. The summed E-state index contributed by atoms with van der Waals surface area (Å²) in [6, 6.07) is 15.0. The van der Waals surface area contributed by atoms with Crippen LogP contribution in [-0.4, -0.2) is 20.7 Å². The average molecular weight is 353 g/mol. The first-order valence-electron chi connectivity index (χ1n) is 8.08. The summed E-state index contributed by atoms with van der Waals surface area (Å²) in [5.41, 5.74) is 7.74. The summed E-state index contributed by atoms with van der Waals surface area (Å²) in [6.07, 6.45) is 0.922. The van der Waals surface area contributed by atoms with Crippen LogP contribution in [0.4, 0.5) is 0 Å². The Morgan fingerprint density at radius 2 is 1.88 bits per heavy atom. The van der Waals surface area contributed by atoms with Crippen molar-refractivity contribution < 1.29 is 4.79 Å². The van der Waals surface area contributed by atoms with Gasteiger partial charge in [0.05, 0.1) is 21.8 Å². The van der Waals surface area contributed by atoms with Crippen molar-refractivity contribution >= 4 is 28.6 Å². The van der Waals surface area contributed by atoms with Gasteiger partial charge >= 0.3 is 0 Å². The van der Waals surface area contributed by atoms with Crippen LogP contribution in [0.3, 0.4) is 0 Å². The Hall–Kier alpha value is -2.60. The number of carbonyl (C=O) groups is 1. The number of fused-ring (bicyclic) bond motifs is 1. The molecule has 1 heterocycles. The fourth-order valence-corrected chi connectivity index (χ4v) is 3.39. The molecule has 0 radical (unpaired) electrons. The fourth-order valence-electron chi connectivity index (χ4n) is 2.52. The van der Waals surface area contributed by atoms with Gasteiger partial charge in [-0.1, -0.05) is 43.0 Å². The fraction of sp³-hybridized carbons (Fsp3) is 0.211. The van der Waals surface area contributed by atoms with E-state index >= 15 is 0 Å². The first-order chi connectivity index (χ1) is 12.0. The lowest BCUT2D eigenvalue weighted by molar-refractivity contribution is -0.117. The molecule has 2 aromatic carbocycles.